The second kappa shape index (κ2) is 6.95. The quantitative estimate of drug-likeness (QED) is 0.434. The van der Waals surface area contributed by atoms with Crippen LogP contribution in [-0.4, -0.2) is 41.5 Å². The number of carbonyl (C=O) groups excluding carboxylic acids is 2. The number of rotatable bonds is 7. The maximum atomic E-state index is 11.7. The summed E-state index contributed by atoms with van der Waals surface area (Å²) < 4.78 is 0. The Morgan fingerprint density at radius 1 is 1.50 bits per heavy atom. The normalized spacial score (nSPS) is 20.3. The molecular formula is C11H19N3O4. The van der Waals surface area contributed by atoms with Gasteiger partial charge in [0, 0.05) is 6.42 Å². The Kier molecular flexibility index (Phi) is 5.57. The second-order valence-electron chi connectivity index (χ2n) is 4.34. The van der Waals surface area contributed by atoms with Gasteiger partial charge in [0.25, 0.3) is 0 Å². The minimum Gasteiger partial charge on any atom is -0.480 e. The Morgan fingerprint density at radius 3 is 2.72 bits per heavy atom. The Balaban J connectivity index is 2.42. The van der Waals surface area contributed by atoms with Crippen molar-refractivity contribution < 1.29 is 19.5 Å². The van der Waals surface area contributed by atoms with Crippen molar-refractivity contribution in [3.8, 4) is 0 Å². The van der Waals surface area contributed by atoms with Crippen LogP contribution >= 0.6 is 0 Å². The molecule has 1 unspecified atom stereocenters. The van der Waals surface area contributed by atoms with E-state index in [-0.39, 0.29) is 5.91 Å². The monoisotopic (exact) mass is 257 g/mol. The first kappa shape index (κ1) is 14.4. The highest BCUT2D eigenvalue weighted by atomic mass is 16.4. The number of carbonyl (C=O) groups is 3. The van der Waals surface area contributed by atoms with E-state index in [9.17, 15) is 14.4 Å². The van der Waals surface area contributed by atoms with Crippen LogP contribution in [0.25, 0.3) is 0 Å². The molecule has 0 aromatic heterocycles. The molecule has 0 saturated carbocycles. The zero-order valence-electron chi connectivity index (χ0n) is 10.1. The molecule has 0 aliphatic carbocycles. The van der Waals surface area contributed by atoms with E-state index >= 15 is 0 Å². The summed E-state index contributed by atoms with van der Waals surface area (Å²) in [5.41, 5.74) is 5.32. The standard InChI is InChI=1S/C11H19N3O4/c12-6-2-1-3-8(11(17)18)14-10(16)7-4-5-9(15)13-7/h7-8H,1-6,12H2,(H,13,15)(H,14,16)(H,17,18)/t7-,8?/m0/s1. The molecule has 1 saturated heterocycles. The summed E-state index contributed by atoms with van der Waals surface area (Å²) in [6, 6.07) is -1.52. The number of carboxylic acids is 1. The molecule has 0 radical (unpaired) electrons. The van der Waals surface area contributed by atoms with Crippen LogP contribution in [0.2, 0.25) is 0 Å². The number of hydrogen-bond acceptors (Lipinski definition) is 4. The summed E-state index contributed by atoms with van der Waals surface area (Å²) >= 11 is 0. The minimum absolute atomic E-state index is 0.176. The SMILES string of the molecule is NCCCCC(NC(=O)[C@@H]1CCC(=O)N1)C(=O)O. The molecular weight excluding hydrogens is 238 g/mol. The molecule has 18 heavy (non-hydrogen) atoms. The van der Waals surface area contributed by atoms with Crippen molar-refractivity contribution in [3.05, 3.63) is 0 Å². The van der Waals surface area contributed by atoms with Crippen LogP contribution in [0.4, 0.5) is 0 Å². The summed E-state index contributed by atoms with van der Waals surface area (Å²) in [7, 11) is 0. The third kappa shape index (κ3) is 4.33. The van der Waals surface area contributed by atoms with Crippen molar-refractivity contribution >= 4 is 17.8 Å². The highest BCUT2D eigenvalue weighted by Gasteiger charge is 2.30. The van der Waals surface area contributed by atoms with Gasteiger partial charge in [-0.05, 0) is 32.2 Å². The van der Waals surface area contributed by atoms with Gasteiger partial charge in [0.2, 0.25) is 11.8 Å². The summed E-state index contributed by atoms with van der Waals surface area (Å²) in [6.07, 6.45) is 2.44. The first-order chi connectivity index (χ1) is 8.54. The molecule has 1 heterocycles. The number of nitrogens with two attached hydrogens (primary N) is 1. The van der Waals surface area contributed by atoms with E-state index in [0.717, 1.165) is 6.42 Å². The lowest BCUT2D eigenvalue weighted by Gasteiger charge is -2.17. The van der Waals surface area contributed by atoms with Crippen molar-refractivity contribution in [2.24, 2.45) is 5.73 Å². The van der Waals surface area contributed by atoms with E-state index in [1.165, 1.54) is 0 Å². The van der Waals surface area contributed by atoms with Gasteiger partial charge in [0.15, 0.2) is 0 Å². The van der Waals surface area contributed by atoms with Gasteiger partial charge in [-0.1, -0.05) is 0 Å². The van der Waals surface area contributed by atoms with Gasteiger partial charge in [0.05, 0.1) is 0 Å². The zero-order valence-corrected chi connectivity index (χ0v) is 10.1. The molecule has 102 valence electrons. The van der Waals surface area contributed by atoms with Crippen LogP contribution in [0.3, 0.4) is 0 Å². The maximum Gasteiger partial charge on any atom is 0.326 e. The Bertz CT molecular complexity index is 332. The molecule has 1 aliphatic heterocycles. The zero-order chi connectivity index (χ0) is 13.5. The molecule has 0 spiro atoms. The lowest BCUT2D eigenvalue weighted by atomic mass is 10.1. The third-order valence-corrected chi connectivity index (χ3v) is 2.87. The van der Waals surface area contributed by atoms with E-state index < -0.39 is 24.0 Å². The van der Waals surface area contributed by atoms with Crippen LogP contribution in [0.5, 0.6) is 0 Å². The average Bonchev–Trinajstić information content (AvgIpc) is 2.74. The number of hydrogen-bond donors (Lipinski definition) is 4. The lowest BCUT2D eigenvalue weighted by molar-refractivity contribution is -0.142. The van der Waals surface area contributed by atoms with Crippen LogP contribution in [0.1, 0.15) is 32.1 Å². The number of aliphatic carboxylic acids is 1. The van der Waals surface area contributed by atoms with Crippen LogP contribution in [0, 0.1) is 0 Å². The molecule has 7 heteroatoms. The topological polar surface area (TPSA) is 122 Å². The van der Waals surface area contributed by atoms with E-state index in [1.54, 1.807) is 0 Å². The van der Waals surface area contributed by atoms with Crippen molar-refractivity contribution in [1.82, 2.24) is 10.6 Å². The Morgan fingerprint density at radius 2 is 2.22 bits per heavy atom. The molecule has 1 rings (SSSR count). The fourth-order valence-electron chi connectivity index (χ4n) is 1.83. The number of carboxylic acid groups (broad SMARTS) is 1. The van der Waals surface area contributed by atoms with Gasteiger partial charge in [-0.25, -0.2) is 4.79 Å². The van der Waals surface area contributed by atoms with Crippen molar-refractivity contribution in [2.45, 2.75) is 44.2 Å². The van der Waals surface area contributed by atoms with Gasteiger partial charge in [-0.3, -0.25) is 9.59 Å². The molecule has 1 aliphatic rings. The first-order valence-corrected chi connectivity index (χ1v) is 6.07. The summed E-state index contributed by atoms with van der Waals surface area (Å²) in [6.45, 7) is 0.499. The number of unbranched alkanes of at least 4 members (excludes halogenated alkanes) is 1. The average molecular weight is 257 g/mol. The van der Waals surface area contributed by atoms with Crippen molar-refractivity contribution in [3.63, 3.8) is 0 Å². The van der Waals surface area contributed by atoms with Crippen molar-refractivity contribution in [1.29, 1.82) is 0 Å². The van der Waals surface area contributed by atoms with Crippen molar-refractivity contribution in [2.75, 3.05) is 6.54 Å². The van der Waals surface area contributed by atoms with E-state index in [2.05, 4.69) is 10.6 Å². The molecule has 1 fully saturated rings. The highest BCUT2D eigenvalue weighted by Crippen LogP contribution is 2.08. The largest absolute Gasteiger partial charge is 0.480 e. The molecule has 2 amide bonds. The number of amides is 2. The van der Waals surface area contributed by atoms with Gasteiger partial charge in [-0.2, -0.15) is 0 Å². The maximum absolute atomic E-state index is 11.7. The predicted octanol–water partition coefficient (Wildman–Crippen LogP) is -1.04. The van der Waals surface area contributed by atoms with Gasteiger partial charge < -0.3 is 21.5 Å². The van der Waals surface area contributed by atoms with E-state index in [4.69, 9.17) is 10.8 Å². The molecule has 5 N–H and O–H groups in total. The van der Waals surface area contributed by atoms with Crippen LogP contribution in [0.15, 0.2) is 0 Å². The summed E-state index contributed by atoms with van der Waals surface area (Å²) in [5, 5.41) is 13.9. The Labute approximate surface area is 105 Å². The lowest BCUT2D eigenvalue weighted by Crippen LogP contribution is -2.48. The Hall–Kier alpha value is -1.63. The van der Waals surface area contributed by atoms with E-state index in [0.29, 0.717) is 32.2 Å². The molecule has 7 nitrogen and oxygen atoms in total. The molecule has 0 aromatic rings. The second-order valence-corrected chi connectivity index (χ2v) is 4.34. The van der Waals surface area contributed by atoms with Crippen LogP contribution in [-0.2, 0) is 14.4 Å². The van der Waals surface area contributed by atoms with Gasteiger partial charge >= 0.3 is 5.97 Å². The fourth-order valence-corrected chi connectivity index (χ4v) is 1.83. The summed E-state index contributed by atoms with van der Waals surface area (Å²) in [5.74, 6) is -1.67. The van der Waals surface area contributed by atoms with Gasteiger partial charge in [-0.15, -0.1) is 0 Å². The molecule has 0 aromatic carbocycles. The van der Waals surface area contributed by atoms with Crippen LogP contribution < -0.4 is 16.4 Å². The van der Waals surface area contributed by atoms with Gasteiger partial charge in [0.1, 0.15) is 12.1 Å². The highest BCUT2D eigenvalue weighted by molar-refractivity contribution is 5.92. The number of nitrogens with one attached hydrogen (secondary N) is 2. The molecule has 0 bridgehead atoms. The fraction of sp³-hybridized carbons (Fsp3) is 0.727. The first-order valence-electron chi connectivity index (χ1n) is 6.07. The molecule has 2 atom stereocenters. The minimum atomic E-state index is -1.07. The summed E-state index contributed by atoms with van der Waals surface area (Å²) in [4.78, 5) is 33.7. The van der Waals surface area contributed by atoms with E-state index in [1.807, 2.05) is 0 Å². The smallest absolute Gasteiger partial charge is 0.326 e. The third-order valence-electron chi connectivity index (χ3n) is 2.87. The predicted molar refractivity (Wildman–Crippen MR) is 63.6 cm³/mol.